The van der Waals surface area contributed by atoms with Gasteiger partial charge in [0.05, 0.1) is 6.20 Å². The molecule has 1 fully saturated rings. The molecule has 1 aliphatic heterocycles. The summed E-state index contributed by atoms with van der Waals surface area (Å²) in [4.78, 5) is 2.55. The maximum absolute atomic E-state index is 4.28. The Morgan fingerprint density at radius 3 is 2.82 bits per heavy atom. The van der Waals surface area contributed by atoms with Crippen molar-refractivity contribution in [1.29, 1.82) is 0 Å². The molecule has 4 heteroatoms. The number of rotatable bonds is 6. The summed E-state index contributed by atoms with van der Waals surface area (Å²) >= 11 is 0. The van der Waals surface area contributed by atoms with Crippen LogP contribution in [0.2, 0.25) is 0 Å². The number of aromatic nitrogens is 2. The zero-order chi connectivity index (χ0) is 12.1. The van der Waals surface area contributed by atoms with Gasteiger partial charge in [0, 0.05) is 37.4 Å². The van der Waals surface area contributed by atoms with E-state index in [1.807, 2.05) is 10.9 Å². The van der Waals surface area contributed by atoms with Crippen LogP contribution in [0.1, 0.15) is 32.3 Å². The van der Waals surface area contributed by atoms with Crippen molar-refractivity contribution >= 4 is 0 Å². The molecule has 1 aliphatic rings. The molecular formula is C13H24N4. The quantitative estimate of drug-likeness (QED) is 0.812. The van der Waals surface area contributed by atoms with Crippen molar-refractivity contribution in [2.75, 3.05) is 19.6 Å². The van der Waals surface area contributed by atoms with Crippen molar-refractivity contribution in [3.8, 4) is 0 Å². The molecule has 96 valence electrons. The van der Waals surface area contributed by atoms with Crippen LogP contribution in [0, 0.1) is 0 Å². The van der Waals surface area contributed by atoms with E-state index in [4.69, 9.17) is 0 Å². The third kappa shape index (κ3) is 3.82. The first-order valence-corrected chi connectivity index (χ1v) is 6.75. The molecule has 2 rings (SSSR count). The summed E-state index contributed by atoms with van der Waals surface area (Å²) in [6, 6.07) is 0.554. The topological polar surface area (TPSA) is 33.1 Å². The Morgan fingerprint density at radius 1 is 1.41 bits per heavy atom. The number of nitrogens with zero attached hydrogens (tertiary/aromatic N) is 3. The summed E-state index contributed by atoms with van der Waals surface area (Å²) in [5, 5.41) is 7.85. The standard InChI is InChI=1S/C13H24N4/c1-3-17-11-13(9-15-17)8-14-12(2)10-16-6-4-5-7-16/h9,11-12,14H,3-8,10H2,1-2H3. The molecule has 0 aromatic carbocycles. The van der Waals surface area contributed by atoms with E-state index in [1.54, 1.807) is 0 Å². The van der Waals surface area contributed by atoms with Crippen LogP contribution < -0.4 is 5.32 Å². The minimum absolute atomic E-state index is 0.554. The van der Waals surface area contributed by atoms with Gasteiger partial charge in [-0.15, -0.1) is 0 Å². The lowest BCUT2D eigenvalue weighted by atomic mass is 10.3. The molecule has 1 atom stereocenters. The highest BCUT2D eigenvalue weighted by Gasteiger charge is 2.14. The summed E-state index contributed by atoms with van der Waals surface area (Å²) < 4.78 is 1.97. The SMILES string of the molecule is CCn1cc(CNC(C)CN2CCCC2)cn1. The average Bonchev–Trinajstić information content (AvgIpc) is 2.96. The van der Waals surface area contributed by atoms with Gasteiger partial charge in [-0.2, -0.15) is 5.10 Å². The summed E-state index contributed by atoms with van der Waals surface area (Å²) in [5.41, 5.74) is 1.28. The molecular weight excluding hydrogens is 212 g/mol. The van der Waals surface area contributed by atoms with Gasteiger partial charge < -0.3 is 10.2 Å². The minimum Gasteiger partial charge on any atom is -0.309 e. The Balaban J connectivity index is 1.69. The van der Waals surface area contributed by atoms with Crippen LogP contribution in [-0.4, -0.2) is 40.4 Å². The van der Waals surface area contributed by atoms with Crippen LogP contribution >= 0.6 is 0 Å². The number of nitrogens with one attached hydrogen (secondary N) is 1. The van der Waals surface area contributed by atoms with E-state index < -0.39 is 0 Å². The fourth-order valence-electron chi connectivity index (χ4n) is 2.38. The van der Waals surface area contributed by atoms with Gasteiger partial charge in [0.2, 0.25) is 0 Å². The fourth-order valence-corrected chi connectivity index (χ4v) is 2.38. The van der Waals surface area contributed by atoms with Gasteiger partial charge in [0.25, 0.3) is 0 Å². The Morgan fingerprint density at radius 2 is 2.18 bits per heavy atom. The van der Waals surface area contributed by atoms with Gasteiger partial charge >= 0.3 is 0 Å². The highest BCUT2D eigenvalue weighted by Crippen LogP contribution is 2.07. The molecule has 0 aliphatic carbocycles. The number of likely N-dealkylation sites (tertiary alicyclic amines) is 1. The first-order chi connectivity index (χ1) is 8.28. The van der Waals surface area contributed by atoms with Crippen LogP contribution in [0.3, 0.4) is 0 Å². The molecule has 1 unspecified atom stereocenters. The predicted molar refractivity (Wildman–Crippen MR) is 69.9 cm³/mol. The van der Waals surface area contributed by atoms with E-state index in [9.17, 15) is 0 Å². The van der Waals surface area contributed by atoms with Crippen molar-refractivity contribution in [2.45, 2.75) is 45.8 Å². The van der Waals surface area contributed by atoms with E-state index in [1.165, 1.54) is 38.0 Å². The molecule has 1 N–H and O–H groups in total. The third-order valence-electron chi connectivity index (χ3n) is 3.40. The Kier molecular flexibility index (Phi) is 4.57. The summed E-state index contributed by atoms with van der Waals surface area (Å²) in [6.45, 7) is 9.97. The second kappa shape index (κ2) is 6.17. The lowest BCUT2D eigenvalue weighted by Crippen LogP contribution is -2.37. The smallest absolute Gasteiger partial charge is 0.0534 e. The predicted octanol–water partition coefficient (Wildman–Crippen LogP) is 1.48. The molecule has 1 aromatic rings. The van der Waals surface area contributed by atoms with E-state index in [0.29, 0.717) is 6.04 Å². The Bertz CT molecular complexity index is 328. The van der Waals surface area contributed by atoms with Crippen LogP contribution in [0.25, 0.3) is 0 Å². The molecule has 0 radical (unpaired) electrons. The van der Waals surface area contributed by atoms with Crippen molar-refractivity contribution in [3.05, 3.63) is 18.0 Å². The molecule has 0 saturated carbocycles. The average molecular weight is 236 g/mol. The van der Waals surface area contributed by atoms with Crippen molar-refractivity contribution in [1.82, 2.24) is 20.0 Å². The third-order valence-corrected chi connectivity index (χ3v) is 3.40. The van der Waals surface area contributed by atoms with Crippen LogP contribution in [0.4, 0.5) is 0 Å². The van der Waals surface area contributed by atoms with Gasteiger partial charge in [0.1, 0.15) is 0 Å². The molecule has 4 nitrogen and oxygen atoms in total. The fraction of sp³-hybridized carbons (Fsp3) is 0.769. The van der Waals surface area contributed by atoms with Crippen LogP contribution in [0.15, 0.2) is 12.4 Å². The number of hydrogen-bond donors (Lipinski definition) is 1. The normalized spacial score (nSPS) is 18.7. The van der Waals surface area contributed by atoms with Crippen molar-refractivity contribution in [2.24, 2.45) is 0 Å². The molecule has 0 spiro atoms. The highest BCUT2D eigenvalue weighted by atomic mass is 15.3. The van der Waals surface area contributed by atoms with Crippen molar-refractivity contribution < 1.29 is 0 Å². The second-order valence-corrected chi connectivity index (χ2v) is 4.99. The van der Waals surface area contributed by atoms with Gasteiger partial charge in [-0.1, -0.05) is 0 Å². The lowest BCUT2D eigenvalue weighted by molar-refractivity contribution is 0.298. The van der Waals surface area contributed by atoms with Gasteiger partial charge in [-0.3, -0.25) is 4.68 Å². The maximum Gasteiger partial charge on any atom is 0.0534 e. The van der Waals surface area contributed by atoms with E-state index in [2.05, 4.69) is 35.4 Å². The zero-order valence-electron chi connectivity index (χ0n) is 11.0. The minimum atomic E-state index is 0.554. The summed E-state index contributed by atoms with van der Waals surface area (Å²) in [7, 11) is 0. The second-order valence-electron chi connectivity index (χ2n) is 4.99. The van der Waals surface area contributed by atoms with E-state index in [0.717, 1.165) is 13.1 Å². The van der Waals surface area contributed by atoms with Crippen LogP contribution in [-0.2, 0) is 13.1 Å². The first-order valence-electron chi connectivity index (χ1n) is 6.75. The zero-order valence-corrected chi connectivity index (χ0v) is 11.0. The Labute approximate surface area is 104 Å². The van der Waals surface area contributed by atoms with Gasteiger partial charge in [-0.05, 0) is 39.8 Å². The monoisotopic (exact) mass is 236 g/mol. The first kappa shape index (κ1) is 12.6. The van der Waals surface area contributed by atoms with E-state index in [-0.39, 0.29) is 0 Å². The van der Waals surface area contributed by atoms with E-state index >= 15 is 0 Å². The summed E-state index contributed by atoms with van der Waals surface area (Å²) in [5.74, 6) is 0. The molecule has 2 heterocycles. The molecule has 1 aromatic heterocycles. The number of aryl methyl sites for hydroxylation is 1. The molecule has 1 saturated heterocycles. The van der Waals surface area contributed by atoms with Gasteiger partial charge in [0.15, 0.2) is 0 Å². The highest BCUT2D eigenvalue weighted by molar-refractivity contribution is 5.03. The molecule has 0 bridgehead atoms. The lowest BCUT2D eigenvalue weighted by Gasteiger charge is -2.20. The Hall–Kier alpha value is -0.870. The largest absolute Gasteiger partial charge is 0.309 e. The summed E-state index contributed by atoms with van der Waals surface area (Å²) in [6.07, 6.45) is 6.82. The van der Waals surface area contributed by atoms with Crippen molar-refractivity contribution in [3.63, 3.8) is 0 Å². The maximum atomic E-state index is 4.28. The van der Waals surface area contributed by atoms with Gasteiger partial charge in [-0.25, -0.2) is 0 Å². The van der Waals surface area contributed by atoms with Crippen LogP contribution in [0.5, 0.6) is 0 Å². The number of hydrogen-bond acceptors (Lipinski definition) is 3. The molecule has 0 amide bonds. The molecule has 17 heavy (non-hydrogen) atoms.